The number of nitrogens with zero attached hydrogens (tertiary/aromatic N) is 5. The van der Waals surface area contributed by atoms with Crippen LogP contribution in [0.3, 0.4) is 0 Å². The molecule has 0 spiro atoms. The summed E-state index contributed by atoms with van der Waals surface area (Å²) in [7, 11) is 0. The highest BCUT2D eigenvalue weighted by Crippen LogP contribution is 2.44. The first kappa shape index (κ1) is 28.4. The van der Waals surface area contributed by atoms with Crippen LogP contribution in [0.25, 0.3) is 99.1 Å². The van der Waals surface area contributed by atoms with E-state index in [1.54, 1.807) is 11.3 Å². The quantitative estimate of drug-likeness (QED) is 0.183. The Morgan fingerprint density at radius 2 is 1.00 bits per heavy atom. The highest BCUT2D eigenvalue weighted by molar-refractivity contribution is 7.26. The number of hydrogen-bond donors (Lipinski definition) is 0. The Bertz CT molecular complexity index is 2810. The molecule has 0 fully saturated rings. The highest BCUT2D eigenvalue weighted by atomic mass is 32.1. The van der Waals surface area contributed by atoms with Crippen molar-refractivity contribution in [3.05, 3.63) is 152 Å². The van der Waals surface area contributed by atoms with E-state index < -0.39 is 0 Å². The second-order valence-electron chi connectivity index (χ2n) is 12.1. The van der Waals surface area contributed by atoms with Crippen molar-refractivity contribution in [1.29, 1.82) is 0 Å². The van der Waals surface area contributed by atoms with Crippen molar-refractivity contribution < 1.29 is 4.42 Å². The molecule has 0 aliphatic carbocycles. The van der Waals surface area contributed by atoms with Gasteiger partial charge in [-0.3, -0.25) is 0 Å². The predicted molar refractivity (Wildman–Crippen MR) is 203 cm³/mol. The average Bonchev–Trinajstić information content (AvgIpc) is 3.77. The van der Waals surface area contributed by atoms with Crippen LogP contribution in [0.4, 0.5) is 0 Å². The minimum Gasteiger partial charge on any atom is -0.456 e. The highest BCUT2D eigenvalue weighted by Gasteiger charge is 2.21. The second-order valence-corrected chi connectivity index (χ2v) is 13.1. The summed E-state index contributed by atoms with van der Waals surface area (Å²) in [6.45, 7) is 0. The average molecular weight is 660 g/mol. The summed E-state index contributed by atoms with van der Waals surface area (Å²) in [6, 6.07) is 51.0. The molecule has 0 amide bonds. The summed E-state index contributed by atoms with van der Waals surface area (Å²) in [5.74, 6) is 2.52. The normalized spacial score (nSPS) is 11.6. The summed E-state index contributed by atoms with van der Waals surface area (Å²) in [5, 5.41) is 3.07. The van der Waals surface area contributed by atoms with Gasteiger partial charge in [-0.2, -0.15) is 0 Å². The van der Waals surface area contributed by atoms with Crippen LogP contribution in [0, 0.1) is 0 Å². The number of hydrogen-bond acceptors (Lipinski definition) is 7. The van der Waals surface area contributed by atoms with Crippen LogP contribution in [-0.4, -0.2) is 24.9 Å². The van der Waals surface area contributed by atoms with E-state index in [-0.39, 0.29) is 0 Å². The molecule has 0 N–H and O–H groups in total. The Morgan fingerprint density at radius 1 is 0.420 bits per heavy atom. The van der Waals surface area contributed by atoms with Crippen LogP contribution in [0.2, 0.25) is 0 Å². The monoisotopic (exact) mass is 659 g/mol. The molecule has 50 heavy (non-hydrogen) atoms. The van der Waals surface area contributed by atoms with Crippen molar-refractivity contribution in [2.75, 3.05) is 0 Å². The van der Waals surface area contributed by atoms with Crippen LogP contribution >= 0.6 is 11.3 Å². The molecule has 0 saturated heterocycles. The first-order chi connectivity index (χ1) is 24.8. The van der Waals surface area contributed by atoms with Crippen LogP contribution in [0.5, 0.6) is 0 Å². The minimum atomic E-state index is 0.590. The number of fused-ring (bicyclic) bond motifs is 6. The lowest BCUT2D eigenvalue weighted by Crippen LogP contribution is -2.00. The van der Waals surface area contributed by atoms with Crippen LogP contribution in [0.1, 0.15) is 0 Å². The Balaban J connectivity index is 1.22. The Hall–Kier alpha value is -6.57. The van der Waals surface area contributed by atoms with Gasteiger partial charge in [0.1, 0.15) is 11.2 Å². The van der Waals surface area contributed by atoms with Gasteiger partial charge in [0.25, 0.3) is 0 Å². The molecule has 6 aromatic carbocycles. The number of thiophene rings is 1. The molecule has 7 heteroatoms. The molecule has 4 aromatic heterocycles. The van der Waals surface area contributed by atoms with Crippen LogP contribution in [-0.2, 0) is 0 Å². The molecule has 0 unspecified atom stereocenters. The fraction of sp³-hybridized carbons (Fsp3) is 0. The van der Waals surface area contributed by atoms with Gasteiger partial charge in [-0.05, 0) is 30.3 Å². The summed E-state index contributed by atoms with van der Waals surface area (Å²) in [6.07, 6.45) is 0. The zero-order valence-electron chi connectivity index (χ0n) is 26.5. The first-order valence-corrected chi connectivity index (χ1v) is 17.2. The van der Waals surface area contributed by atoms with Crippen molar-refractivity contribution in [3.63, 3.8) is 0 Å². The minimum absolute atomic E-state index is 0.590. The lowest BCUT2D eigenvalue weighted by molar-refractivity contribution is 0.669. The van der Waals surface area contributed by atoms with E-state index in [0.29, 0.717) is 23.3 Å². The van der Waals surface area contributed by atoms with E-state index in [9.17, 15) is 0 Å². The molecule has 0 aliphatic heterocycles. The molecule has 0 saturated carbocycles. The lowest BCUT2D eigenvalue weighted by atomic mass is 10.0. The van der Waals surface area contributed by atoms with Gasteiger partial charge in [-0.25, -0.2) is 24.9 Å². The lowest BCUT2D eigenvalue weighted by Gasteiger charge is -2.09. The molecule has 0 aliphatic rings. The van der Waals surface area contributed by atoms with E-state index in [2.05, 4.69) is 48.5 Å². The van der Waals surface area contributed by atoms with Crippen molar-refractivity contribution in [3.8, 4) is 56.8 Å². The second kappa shape index (κ2) is 11.5. The Morgan fingerprint density at radius 3 is 1.66 bits per heavy atom. The summed E-state index contributed by atoms with van der Waals surface area (Å²) in [4.78, 5) is 25.3. The fourth-order valence-electron chi connectivity index (χ4n) is 6.59. The van der Waals surface area contributed by atoms with Gasteiger partial charge in [0.2, 0.25) is 0 Å². The zero-order chi connectivity index (χ0) is 33.0. The third-order valence-electron chi connectivity index (χ3n) is 8.96. The fourth-order valence-corrected chi connectivity index (χ4v) is 7.74. The molecule has 10 aromatic rings. The molecule has 0 bridgehead atoms. The molecule has 0 atom stereocenters. The molecule has 234 valence electrons. The summed E-state index contributed by atoms with van der Waals surface area (Å²) >= 11 is 1.72. The van der Waals surface area contributed by atoms with Gasteiger partial charge < -0.3 is 4.42 Å². The van der Waals surface area contributed by atoms with Gasteiger partial charge in [-0.1, -0.05) is 121 Å². The predicted octanol–water partition coefficient (Wildman–Crippen LogP) is 11.3. The van der Waals surface area contributed by atoms with E-state index >= 15 is 0 Å². The number of rotatable bonds is 5. The zero-order valence-corrected chi connectivity index (χ0v) is 27.3. The van der Waals surface area contributed by atoms with E-state index in [1.807, 2.05) is 103 Å². The van der Waals surface area contributed by atoms with Gasteiger partial charge in [-0.15, -0.1) is 11.3 Å². The SMILES string of the molecule is c1ccc(-c2nc(-c3ccccc3)nc(-c3ccc4oc5cccc(-c6nc(-c7ccccc7)nc7c6sc6ccccc67)c5c4c3)n2)cc1. The number of benzene rings is 6. The van der Waals surface area contributed by atoms with Gasteiger partial charge >= 0.3 is 0 Å². The third kappa shape index (κ3) is 4.75. The maximum absolute atomic E-state index is 6.48. The van der Waals surface area contributed by atoms with E-state index in [4.69, 9.17) is 29.3 Å². The molecule has 6 nitrogen and oxygen atoms in total. The Labute approximate surface area is 290 Å². The van der Waals surface area contributed by atoms with Gasteiger partial charge in [0.05, 0.1) is 15.9 Å². The maximum Gasteiger partial charge on any atom is 0.164 e. The van der Waals surface area contributed by atoms with E-state index in [1.165, 1.54) is 4.70 Å². The largest absolute Gasteiger partial charge is 0.456 e. The van der Waals surface area contributed by atoms with Gasteiger partial charge in [0.15, 0.2) is 23.3 Å². The van der Waals surface area contributed by atoms with Gasteiger partial charge in [0, 0.05) is 48.7 Å². The molecular formula is C43H25N5OS. The van der Waals surface area contributed by atoms with Crippen LogP contribution in [0.15, 0.2) is 156 Å². The molecule has 4 heterocycles. The third-order valence-corrected chi connectivity index (χ3v) is 10.1. The van der Waals surface area contributed by atoms with Crippen molar-refractivity contribution in [2.45, 2.75) is 0 Å². The first-order valence-electron chi connectivity index (χ1n) is 16.3. The van der Waals surface area contributed by atoms with E-state index in [0.717, 1.165) is 71.1 Å². The standard InChI is InChI=1S/C43H25N5OS/c1-4-13-26(14-5-1)40-44-37-30-19-10-11-22-35(30)50-39(37)38(45-40)31-20-12-21-34-36(31)32-25-29(23-24-33(32)49-34)43-47-41(27-15-6-2-7-16-27)46-42(48-43)28-17-8-3-9-18-28/h1-25H. The topological polar surface area (TPSA) is 77.6 Å². The molecule has 10 rings (SSSR count). The summed E-state index contributed by atoms with van der Waals surface area (Å²) < 4.78 is 8.70. The maximum atomic E-state index is 6.48. The van der Waals surface area contributed by atoms with Crippen molar-refractivity contribution in [2.24, 2.45) is 0 Å². The molecular weight excluding hydrogens is 635 g/mol. The Kier molecular flexibility index (Phi) is 6.57. The smallest absolute Gasteiger partial charge is 0.164 e. The number of furan rings is 1. The van der Waals surface area contributed by atoms with Crippen LogP contribution < -0.4 is 0 Å². The van der Waals surface area contributed by atoms with Crippen molar-refractivity contribution in [1.82, 2.24) is 24.9 Å². The summed E-state index contributed by atoms with van der Waals surface area (Å²) in [5.41, 5.74) is 8.07. The molecule has 0 radical (unpaired) electrons. The number of aromatic nitrogens is 5. The van der Waals surface area contributed by atoms with Crippen molar-refractivity contribution >= 4 is 53.6 Å².